The van der Waals surface area contributed by atoms with Crippen LogP contribution in [-0.4, -0.2) is 15.2 Å². The average Bonchev–Trinajstić information content (AvgIpc) is 3.11. The molecule has 0 radical (unpaired) electrons. The fourth-order valence-electron chi connectivity index (χ4n) is 3.20. The van der Waals surface area contributed by atoms with Crippen molar-refractivity contribution in [3.05, 3.63) is 82.0 Å². The smallest absolute Gasteiger partial charge is 0.247 e. The number of hydrogen-bond donors (Lipinski definition) is 1. The Balaban J connectivity index is 1.51. The monoisotopic (exact) mass is 418 g/mol. The van der Waals surface area contributed by atoms with Gasteiger partial charge in [0.1, 0.15) is 0 Å². The zero-order chi connectivity index (χ0) is 19.6. The number of benzene rings is 2. The van der Waals surface area contributed by atoms with Gasteiger partial charge in [-0.25, -0.2) is 0 Å². The van der Waals surface area contributed by atoms with Crippen molar-refractivity contribution >= 4 is 28.8 Å². The van der Waals surface area contributed by atoms with Crippen molar-refractivity contribution < 1.29 is 4.74 Å². The van der Waals surface area contributed by atoms with Gasteiger partial charge >= 0.3 is 0 Å². The number of ether oxygens (including phenoxy) is 1. The molecular formula is C22H18N4OS2. The van der Waals surface area contributed by atoms with Gasteiger partial charge in [0.05, 0.1) is 4.88 Å². The number of hydrogen-bond acceptors (Lipinski definition) is 7. The lowest BCUT2D eigenvalue weighted by molar-refractivity contribution is 0.228. The summed E-state index contributed by atoms with van der Waals surface area (Å²) in [6.45, 7) is 2.09. The van der Waals surface area contributed by atoms with Crippen molar-refractivity contribution in [1.29, 1.82) is 0 Å². The lowest BCUT2D eigenvalue weighted by atomic mass is 10.1. The van der Waals surface area contributed by atoms with E-state index in [-0.39, 0.29) is 6.23 Å². The Bertz CT molecular complexity index is 1150. The van der Waals surface area contributed by atoms with Gasteiger partial charge in [-0.05, 0) is 35.6 Å². The van der Waals surface area contributed by atoms with Gasteiger partial charge in [-0.3, -0.25) is 0 Å². The third kappa shape index (κ3) is 3.71. The molecule has 0 spiro atoms. The maximum Gasteiger partial charge on any atom is 0.247 e. The first kappa shape index (κ1) is 18.1. The second-order valence-corrected chi connectivity index (χ2v) is 8.57. The van der Waals surface area contributed by atoms with Crippen molar-refractivity contribution in [2.75, 3.05) is 5.32 Å². The zero-order valence-electron chi connectivity index (χ0n) is 15.7. The van der Waals surface area contributed by atoms with Crippen molar-refractivity contribution in [3.63, 3.8) is 0 Å². The highest BCUT2D eigenvalue weighted by Gasteiger charge is 2.27. The summed E-state index contributed by atoms with van der Waals surface area (Å²) >= 11 is 3.22. The highest BCUT2D eigenvalue weighted by molar-refractivity contribution is 7.98. The Morgan fingerprint density at radius 1 is 1.03 bits per heavy atom. The van der Waals surface area contributed by atoms with E-state index in [1.54, 1.807) is 23.1 Å². The first-order chi connectivity index (χ1) is 14.3. The van der Waals surface area contributed by atoms with Gasteiger partial charge in [0, 0.05) is 17.0 Å². The van der Waals surface area contributed by atoms with Crippen LogP contribution in [0.15, 0.2) is 71.2 Å². The van der Waals surface area contributed by atoms with E-state index >= 15 is 0 Å². The molecule has 1 unspecified atom stereocenters. The van der Waals surface area contributed by atoms with Crippen LogP contribution < -0.4 is 10.1 Å². The van der Waals surface area contributed by atoms with E-state index in [0.29, 0.717) is 16.7 Å². The van der Waals surface area contributed by atoms with Crippen LogP contribution in [-0.2, 0) is 5.75 Å². The summed E-state index contributed by atoms with van der Waals surface area (Å²) in [5.74, 6) is 1.29. The van der Waals surface area contributed by atoms with Gasteiger partial charge in [-0.15, -0.1) is 21.5 Å². The molecule has 144 valence electrons. The maximum absolute atomic E-state index is 6.33. The molecule has 1 aliphatic heterocycles. The number of fused-ring (bicyclic) bond motifs is 3. The number of anilines is 1. The summed E-state index contributed by atoms with van der Waals surface area (Å²) < 4.78 is 6.33. The number of aromatic nitrogens is 3. The average molecular weight is 419 g/mol. The number of nitrogens with zero attached hydrogens (tertiary/aromatic N) is 3. The lowest BCUT2D eigenvalue weighted by Gasteiger charge is -2.18. The number of nitrogens with one attached hydrogen (secondary N) is 1. The standard InChI is InChI=1S/C22H18N4OS2/c1-14-11-12-28-19(14)21-23-17-10-6-5-9-16(17)18-20(27-21)24-22(26-25-18)29-13-15-7-3-2-4-8-15/h2-12,21,23H,13H2,1H3. The van der Waals surface area contributed by atoms with Crippen molar-refractivity contribution in [2.24, 2.45) is 0 Å². The van der Waals surface area contributed by atoms with E-state index in [1.807, 2.05) is 42.5 Å². The van der Waals surface area contributed by atoms with Crippen LogP contribution in [0.1, 0.15) is 22.2 Å². The third-order valence-electron chi connectivity index (χ3n) is 4.68. The predicted octanol–water partition coefficient (Wildman–Crippen LogP) is 5.70. The molecule has 0 amide bonds. The number of rotatable bonds is 4. The SMILES string of the molecule is Cc1ccsc1C1Nc2ccccc2-c2nnc(SCc3ccccc3)nc2O1. The van der Waals surface area contributed by atoms with Crippen LogP contribution in [0.25, 0.3) is 11.3 Å². The van der Waals surface area contributed by atoms with E-state index in [1.165, 1.54) is 11.1 Å². The fourth-order valence-corrected chi connectivity index (χ4v) is 4.84. The Morgan fingerprint density at radius 2 is 1.86 bits per heavy atom. The van der Waals surface area contributed by atoms with Crippen LogP contribution in [0.3, 0.4) is 0 Å². The second-order valence-electron chi connectivity index (χ2n) is 6.68. The third-order valence-corrected chi connectivity index (χ3v) is 6.66. The lowest BCUT2D eigenvalue weighted by Crippen LogP contribution is -2.16. The molecule has 0 fully saturated rings. The molecule has 1 N–H and O–H groups in total. The molecule has 1 atom stereocenters. The summed E-state index contributed by atoms with van der Waals surface area (Å²) in [6.07, 6.45) is -0.318. The number of thiophene rings is 1. The molecule has 2 aromatic carbocycles. The summed E-state index contributed by atoms with van der Waals surface area (Å²) in [5.41, 5.74) is 4.97. The van der Waals surface area contributed by atoms with E-state index in [4.69, 9.17) is 9.72 Å². The molecule has 1 aliphatic rings. The quantitative estimate of drug-likeness (QED) is 0.429. The number of para-hydroxylation sites is 1. The molecule has 4 aromatic rings. The molecule has 5 nitrogen and oxygen atoms in total. The number of thioether (sulfide) groups is 1. The Kier molecular flexibility index (Phi) is 4.91. The molecule has 3 heterocycles. The molecule has 5 rings (SSSR count). The largest absolute Gasteiger partial charge is 0.447 e. The molecule has 0 bridgehead atoms. The van der Waals surface area contributed by atoms with Gasteiger partial charge in [0.25, 0.3) is 0 Å². The fraction of sp³-hybridized carbons (Fsp3) is 0.136. The van der Waals surface area contributed by atoms with Crippen molar-refractivity contribution in [2.45, 2.75) is 24.1 Å². The predicted molar refractivity (Wildman–Crippen MR) is 117 cm³/mol. The first-order valence-electron chi connectivity index (χ1n) is 9.26. The Labute approximate surface area is 177 Å². The Hall–Kier alpha value is -2.90. The van der Waals surface area contributed by atoms with Crippen molar-refractivity contribution in [3.8, 4) is 17.1 Å². The Morgan fingerprint density at radius 3 is 2.69 bits per heavy atom. The highest BCUT2D eigenvalue weighted by Crippen LogP contribution is 2.41. The summed E-state index contributed by atoms with van der Waals surface area (Å²) in [6, 6.07) is 20.4. The van der Waals surface area contributed by atoms with Gasteiger partial charge < -0.3 is 10.1 Å². The minimum atomic E-state index is -0.318. The van der Waals surface area contributed by atoms with Gasteiger partial charge in [-0.1, -0.05) is 60.3 Å². The van der Waals surface area contributed by atoms with Crippen LogP contribution in [0.2, 0.25) is 0 Å². The van der Waals surface area contributed by atoms with Crippen LogP contribution in [0, 0.1) is 6.92 Å². The van der Waals surface area contributed by atoms with Crippen LogP contribution in [0.4, 0.5) is 5.69 Å². The van der Waals surface area contributed by atoms with Crippen LogP contribution in [0.5, 0.6) is 5.88 Å². The summed E-state index contributed by atoms with van der Waals surface area (Å²) in [5, 5.41) is 15.0. The van der Waals surface area contributed by atoms with E-state index in [2.05, 4.69) is 46.0 Å². The number of aryl methyl sites for hydroxylation is 1. The molecule has 7 heteroatoms. The van der Waals surface area contributed by atoms with Gasteiger partial charge in [0.15, 0.2) is 5.69 Å². The first-order valence-corrected chi connectivity index (χ1v) is 11.1. The van der Waals surface area contributed by atoms with Crippen LogP contribution >= 0.6 is 23.1 Å². The molecule has 2 aromatic heterocycles. The normalized spacial score (nSPS) is 14.9. The molecular weight excluding hydrogens is 400 g/mol. The van der Waals surface area contributed by atoms with Crippen molar-refractivity contribution in [1.82, 2.24) is 15.2 Å². The minimum absolute atomic E-state index is 0.318. The molecule has 0 aliphatic carbocycles. The molecule has 0 saturated carbocycles. The summed E-state index contributed by atoms with van der Waals surface area (Å²) in [4.78, 5) is 5.84. The zero-order valence-corrected chi connectivity index (χ0v) is 17.3. The maximum atomic E-state index is 6.33. The van der Waals surface area contributed by atoms with Gasteiger partial charge in [0.2, 0.25) is 17.3 Å². The highest BCUT2D eigenvalue weighted by atomic mass is 32.2. The molecule has 0 saturated heterocycles. The minimum Gasteiger partial charge on any atom is -0.447 e. The molecule has 29 heavy (non-hydrogen) atoms. The van der Waals surface area contributed by atoms with Gasteiger partial charge in [-0.2, -0.15) is 4.98 Å². The van der Waals surface area contributed by atoms with E-state index < -0.39 is 0 Å². The summed E-state index contributed by atoms with van der Waals surface area (Å²) in [7, 11) is 0. The topological polar surface area (TPSA) is 59.9 Å². The van der Waals surface area contributed by atoms with E-state index in [9.17, 15) is 0 Å². The second kappa shape index (κ2) is 7.85. The van der Waals surface area contributed by atoms with E-state index in [0.717, 1.165) is 21.9 Å².